The number of rotatable bonds is 3. The average Bonchev–Trinajstić information content (AvgIpc) is 3.09. The van der Waals surface area contributed by atoms with Crippen LogP contribution in [0.25, 0.3) is 10.2 Å². The Balaban J connectivity index is 0.00000196. The van der Waals surface area contributed by atoms with Crippen LogP contribution in [0.15, 0.2) is 23.1 Å². The van der Waals surface area contributed by atoms with Crippen LogP contribution in [0.4, 0.5) is 0 Å². The van der Waals surface area contributed by atoms with E-state index < -0.39 is 10.0 Å². The van der Waals surface area contributed by atoms with Gasteiger partial charge in [0.1, 0.15) is 0 Å². The van der Waals surface area contributed by atoms with Gasteiger partial charge < -0.3 is 5.32 Å². The monoisotopic (exact) mass is 415 g/mol. The zero-order chi connectivity index (χ0) is 17.8. The summed E-state index contributed by atoms with van der Waals surface area (Å²) < 4.78 is 29.5. The van der Waals surface area contributed by atoms with Crippen molar-refractivity contribution in [2.75, 3.05) is 0 Å². The number of sulfonamides is 1. The van der Waals surface area contributed by atoms with Gasteiger partial charge in [0, 0.05) is 23.5 Å². The van der Waals surface area contributed by atoms with Gasteiger partial charge in [-0.25, -0.2) is 18.1 Å². The second kappa shape index (κ2) is 7.02. The van der Waals surface area contributed by atoms with Gasteiger partial charge in [-0.05, 0) is 43.9 Å². The fourth-order valence-corrected chi connectivity index (χ4v) is 6.26. The summed E-state index contributed by atoms with van der Waals surface area (Å²) in [6.45, 7) is 6.36. The number of hydrogen-bond acceptors (Lipinski definition) is 5. The topological polar surface area (TPSA) is 71.1 Å². The largest absolute Gasteiger partial charge is 0.311 e. The molecule has 3 heterocycles. The van der Waals surface area contributed by atoms with Crippen molar-refractivity contribution in [1.29, 1.82) is 0 Å². The van der Waals surface area contributed by atoms with Crippen molar-refractivity contribution < 1.29 is 8.42 Å². The fraction of sp³-hybridized carbons (Fsp3) is 0.611. The maximum Gasteiger partial charge on any atom is 0.240 e. The van der Waals surface area contributed by atoms with Gasteiger partial charge in [0.2, 0.25) is 10.0 Å². The van der Waals surface area contributed by atoms with Crippen LogP contribution < -0.4 is 10.0 Å². The molecule has 0 spiro atoms. The van der Waals surface area contributed by atoms with Crippen LogP contribution in [-0.4, -0.2) is 31.5 Å². The quantitative estimate of drug-likeness (QED) is 0.803. The molecule has 4 rings (SSSR count). The number of fused-ring (bicyclic) bond motifs is 3. The van der Waals surface area contributed by atoms with Crippen molar-refractivity contribution in [2.24, 2.45) is 0 Å². The molecular weight excluding hydrogens is 390 g/mol. The highest BCUT2D eigenvalue weighted by molar-refractivity contribution is 7.89. The molecule has 2 saturated heterocycles. The Kier molecular flexibility index (Phi) is 5.40. The Morgan fingerprint density at radius 2 is 1.85 bits per heavy atom. The highest BCUT2D eigenvalue weighted by Gasteiger charge is 2.35. The Morgan fingerprint density at radius 3 is 2.46 bits per heavy atom. The molecule has 0 aliphatic carbocycles. The molecule has 2 fully saturated rings. The summed E-state index contributed by atoms with van der Waals surface area (Å²) in [5.41, 5.74) is 0.837. The molecule has 2 unspecified atom stereocenters. The summed E-state index contributed by atoms with van der Waals surface area (Å²) in [4.78, 5) is 4.99. The molecule has 2 bridgehead atoms. The summed E-state index contributed by atoms with van der Waals surface area (Å²) in [5.74, 6) is 0. The minimum atomic E-state index is -3.50. The molecule has 2 aliphatic heterocycles. The molecule has 5 nitrogen and oxygen atoms in total. The standard InChI is InChI=1S/C18H25N3O2S2.ClH/c1-18(2,3)17-20-15-7-6-14(10-16(15)24-17)25(22,23)21-13-8-11-4-5-12(9-13)19-11;/h6-7,10-13,19,21H,4-5,8-9H2,1-3H3;1H. The van der Waals surface area contributed by atoms with E-state index in [1.807, 2.05) is 6.07 Å². The zero-order valence-corrected chi connectivity index (χ0v) is 17.7. The molecule has 1 aromatic heterocycles. The molecule has 8 heteroatoms. The molecule has 144 valence electrons. The number of nitrogens with one attached hydrogen (secondary N) is 2. The Morgan fingerprint density at radius 1 is 1.19 bits per heavy atom. The average molecular weight is 416 g/mol. The predicted molar refractivity (Wildman–Crippen MR) is 109 cm³/mol. The Labute approximate surface area is 165 Å². The highest BCUT2D eigenvalue weighted by atomic mass is 35.5. The lowest BCUT2D eigenvalue weighted by atomic mass is 9.98. The molecule has 1 aromatic carbocycles. The van der Waals surface area contributed by atoms with E-state index in [0.29, 0.717) is 17.0 Å². The van der Waals surface area contributed by atoms with Crippen molar-refractivity contribution in [3.8, 4) is 0 Å². The number of thiazole rings is 1. The summed E-state index contributed by atoms with van der Waals surface area (Å²) in [5, 5.41) is 4.57. The van der Waals surface area contributed by atoms with E-state index in [9.17, 15) is 8.42 Å². The number of hydrogen-bond donors (Lipinski definition) is 2. The molecule has 0 amide bonds. The first-order valence-electron chi connectivity index (χ1n) is 8.90. The van der Waals surface area contributed by atoms with Gasteiger partial charge in [-0.15, -0.1) is 23.7 Å². The van der Waals surface area contributed by atoms with Gasteiger partial charge in [-0.1, -0.05) is 20.8 Å². The van der Waals surface area contributed by atoms with Gasteiger partial charge >= 0.3 is 0 Å². The van der Waals surface area contributed by atoms with Crippen LogP contribution in [0.3, 0.4) is 0 Å². The molecule has 2 N–H and O–H groups in total. The van der Waals surface area contributed by atoms with Crippen LogP contribution in [-0.2, 0) is 15.4 Å². The van der Waals surface area contributed by atoms with Crippen molar-refractivity contribution in [3.05, 3.63) is 23.2 Å². The third kappa shape index (κ3) is 3.92. The van der Waals surface area contributed by atoms with Crippen molar-refractivity contribution in [1.82, 2.24) is 15.0 Å². The lowest BCUT2D eigenvalue weighted by Crippen LogP contribution is -2.47. The van der Waals surface area contributed by atoms with Crippen molar-refractivity contribution in [3.63, 3.8) is 0 Å². The van der Waals surface area contributed by atoms with Crippen molar-refractivity contribution >= 4 is 44.0 Å². The smallest absolute Gasteiger partial charge is 0.240 e. The normalized spacial score (nSPS) is 26.0. The predicted octanol–water partition coefficient (Wildman–Crippen LogP) is 3.58. The molecule has 2 atom stereocenters. The Hall–Kier alpha value is -0.730. The molecular formula is C18H26ClN3O2S2. The third-order valence-corrected chi connectivity index (χ3v) is 8.07. The van der Waals surface area contributed by atoms with Crippen LogP contribution in [0, 0.1) is 0 Å². The second-order valence-electron chi connectivity index (χ2n) is 8.33. The fourth-order valence-electron chi connectivity index (χ4n) is 3.83. The minimum absolute atomic E-state index is 0. The number of aromatic nitrogens is 1. The molecule has 2 aliphatic rings. The summed E-state index contributed by atoms with van der Waals surface area (Å²) in [7, 11) is -3.50. The summed E-state index contributed by atoms with van der Waals surface area (Å²) in [6, 6.07) is 6.22. The molecule has 26 heavy (non-hydrogen) atoms. The molecule has 2 aromatic rings. The second-order valence-corrected chi connectivity index (χ2v) is 11.1. The first-order valence-corrected chi connectivity index (χ1v) is 11.2. The first-order chi connectivity index (χ1) is 11.7. The minimum Gasteiger partial charge on any atom is -0.311 e. The van der Waals surface area contributed by atoms with Gasteiger partial charge in [-0.3, -0.25) is 0 Å². The van der Waals surface area contributed by atoms with E-state index in [1.54, 1.807) is 23.5 Å². The molecule has 0 saturated carbocycles. The third-order valence-electron chi connectivity index (χ3n) is 5.11. The van der Waals surface area contributed by atoms with Crippen molar-refractivity contribution in [2.45, 2.75) is 74.9 Å². The van der Waals surface area contributed by atoms with Crippen LogP contribution in [0.2, 0.25) is 0 Å². The van der Waals surface area contributed by atoms with Gasteiger partial charge in [-0.2, -0.15) is 0 Å². The van der Waals surface area contributed by atoms with Crippen LogP contribution >= 0.6 is 23.7 Å². The number of nitrogens with zero attached hydrogens (tertiary/aromatic N) is 1. The Bertz CT molecular complexity index is 893. The summed E-state index contributed by atoms with van der Waals surface area (Å²) in [6.07, 6.45) is 4.08. The molecule has 0 radical (unpaired) electrons. The van der Waals surface area contributed by atoms with E-state index >= 15 is 0 Å². The van der Waals surface area contributed by atoms with E-state index in [-0.39, 0.29) is 23.9 Å². The van der Waals surface area contributed by atoms with E-state index in [0.717, 1.165) is 40.9 Å². The van der Waals surface area contributed by atoms with Gasteiger partial charge in [0.25, 0.3) is 0 Å². The van der Waals surface area contributed by atoms with E-state index in [2.05, 4.69) is 35.8 Å². The number of halogens is 1. The SMILES string of the molecule is CC(C)(C)c1nc2ccc(S(=O)(=O)NC3CC4CCC(C3)N4)cc2s1.Cl. The van der Waals surface area contributed by atoms with Gasteiger partial charge in [0.05, 0.1) is 20.1 Å². The maximum atomic E-state index is 12.8. The van der Waals surface area contributed by atoms with E-state index in [4.69, 9.17) is 0 Å². The number of piperidine rings is 1. The van der Waals surface area contributed by atoms with E-state index in [1.165, 1.54) is 0 Å². The first kappa shape index (κ1) is 20.0. The lowest BCUT2D eigenvalue weighted by molar-refractivity contribution is 0.345. The number of benzene rings is 1. The van der Waals surface area contributed by atoms with Crippen LogP contribution in [0.5, 0.6) is 0 Å². The van der Waals surface area contributed by atoms with Gasteiger partial charge in [0.15, 0.2) is 0 Å². The van der Waals surface area contributed by atoms with Crippen LogP contribution in [0.1, 0.15) is 51.5 Å². The highest BCUT2D eigenvalue weighted by Crippen LogP contribution is 2.33. The lowest BCUT2D eigenvalue weighted by Gasteiger charge is -2.29. The zero-order valence-electron chi connectivity index (χ0n) is 15.3. The maximum absolute atomic E-state index is 12.8. The summed E-state index contributed by atoms with van der Waals surface area (Å²) >= 11 is 1.58.